The Labute approximate surface area is 103 Å². The lowest BCUT2D eigenvalue weighted by Gasteiger charge is -2.34. The minimum Gasteiger partial charge on any atom is -0.395 e. The maximum Gasteiger partial charge on any atom is 0.317 e. The molecule has 2 amide bonds. The molecular formula is C12H23N3O2. The summed E-state index contributed by atoms with van der Waals surface area (Å²) in [5.41, 5.74) is 0. The van der Waals surface area contributed by atoms with Gasteiger partial charge in [-0.05, 0) is 12.8 Å². The average Bonchev–Trinajstić information content (AvgIpc) is 2.83. The van der Waals surface area contributed by atoms with E-state index in [9.17, 15) is 4.79 Å². The molecule has 0 bridgehead atoms. The van der Waals surface area contributed by atoms with E-state index in [0.717, 1.165) is 45.6 Å². The van der Waals surface area contributed by atoms with Crippen LogP contribution in [0.25, 0.3) is 0 Å². The predicted octanol–water partition coefficient (Wildman–Crippen LogP) is 0.248. The standard InChI is InChI=1S/C12H23N3O2/c16-10-9-14-5-7-15(8-6-14)12(17)13-11-3-1-2-4-11/h11,16H,1-10H2,(H,13,17). The van der Waals surface area contributed by atoms with Gasteiger partial charge in [0, 0.05) is 38.8 Å². The van der Waals surface area contributed by atoms with Crippen molar-refractivity contribution in [1.82, 2.24) is 15.1 Å². The van der Waals surface area contributed by atoms with Gasteiger partial charge in [-0.15, -0.1) is 0 Å². The Balaban J connectivity index is 1.70. The maximum absolute atomic E-state index is 12.0. The summed E-state index contributed by atoms with van der Waals surface area (Å²) in [5.74, 6) is 0. The lowest BCUT2D eigenvalue weighted by molar-refractivity contribution is 0.121. The Morgan fingerprint density at radius 3 is 2.41 bits per heavy atom. The van der Waals surface area contributed by atoms with Gasteiger partial charge in [0.1, 0.15) is 0 Å². The molecule has 1 saturated heterocycles. The van der Waals surface area contributed by atoms with Crippen LogP contribution in [0.5, 0.6) is 0 Å². The fraction of sp³-hybridized carbons (Fsp3) is 0.917. The third-order valence-corrected chi connectivity index (χ3v) is 3.76. The van der Waals surface area contributed by atoms with Crippen LogP contribution in [0, 0.1) is 0 Å². The summed E-state index contributed by atoms with van der Waals surface area (Å²) >= 11 is 0. The molecule has 2 aliphatic rings. The van der Waals surface area contributed by atoms with Crippen molar-refractivity contribution in [2.24, 2.45) is 0 Å². The van der Waals surface area contributed by atoms with Crippen molar-refractivity contribution in [3.63, 3.8) is 0 Å². The number of aliphatic hydroxyl groups excluding tert-OH is 1. The first kappa shape index (κ1) is 12.6. The molecule has 2 rings (SSSR count). The van der Waals surface area contributed by atoms with Gasteiger partial charge >= 0.3 is 6.03 Å². The van der Waals surface area contributed by atoms with Gasteiger partial charge in [0.05, 0.1) is 6.61 Å². The SMILES string of the molecule is O=C(NC1CCCC1)N1CCN(CCO)CC1. The first-order valence-corrected chi connectivity index (χ1v) is 6.68. The zero-order valence-corrected chi connectivity index (χ0v) is 10.4. The number of hydrogen-bond donors (Lipinski definition) is 2. The van der Waals surface area contributed by atoms with E-state index in [1.807, 2.05) is 4.90 Å². The second-order valence-electron chi connectivity index (χ2n) is 4.98. The zero-order chi connectivity index (χ0) is 12.1. The number of β-amino-alcohol motifs (C(OH)–C–C–N with tert-alkyl or cyclic N) is 1. The molecule has 1 aliphatic heterocycles. The molecule has 0 spiro atoms. The number of amides is 2. The van der Waals surface area contributed by atoms with Crippen molar-refractivity contribution in [1.29, 1.82) is 0 Å². The van der Waals surface area contributed by atoms with Crippen molar-refractivity contribution in [3.8, 4) is 0 Å². The van der Waals surface area contributed by atoms with Crippen LogP contribution in [-0.4, -0.2) is 66.3 Å². The number of urea groups is 1. The normalized spacial score (nSPS) is 23.0. The van der Waals surface area contributed by atoms with Gasteiger partial charge in [0.2, 0.25) is 0 Å². The highest BCUT2D eigenvalue weighted by molar-refractivity contribution is 5.74. The zero-order valence-electron chi connectivity index (χ0n) is 10.4. The molecule has 0 aromatic carbocycles. The fourth-order valence-electron chi connectivity index (χ4n) is 2.65. The Morgan fingerprint density at radius 1 is 1.18 bits per heavy atom. The summed E-state index contributed by atoms with van der Waals surface area (Å²) in [4.78, 5) is 16.1. The Hall–Kier alpha value is -0.810. The van der Waals surface area contributed by atoms with E-state index >= 15 is 0 Å². The highest BCUT2D eigenvalue weighted by atomic mass is 16.3. The third-order valence-electron chi connectivity index (χ3n) is 3.76. The molecule has 2 fully saturated rings. The number of hydrogen-bond acceptors (Lipinski definition) is 3. The summed E-state index contributed by atoms with van der Waals surface area (Å²) in [6, 6.07) is 0.499. The summed E-state index contributed by atoms with van der Waals surface area (Å²) in [5, 5.41) is 12.0. The van der Waals surface area contributed by atoms with Crippen molar-refractivity contribution in [3.05, 3.63) is 0 Å². The van der Waals surface area contributed by atoms with Crippen molar-refractivity contribution < 1.29 is 9.90 Å². The minimum absolute atomic E-state index is 0.0977. The van der Waals surface area contributed by atoms with E-state index < -0.39 is 0 Å². The van der Waals surface area contributed by atoms with Gasteiger partial charge in [-0.1, -0.05) is 12.8 Å². The molecule has 1 aliphatic carbocycles. The first-order valence-electron chi connectivity index (χ1n) is 6.68. The van der Waals surface area contributed by atoms with Gasteiger partial charge in [-0.25, -0.2) is 4.79 Å². The summed E-state index contributed by atoms with van der Waals surface area (Å²) < 4.78 is 0. The van der Waals surface area contributed by atoms with Gasteiger partial charge in [0.15, 0.2) is 0 Å². The van der Waals surface area contributed by atoms with Crippen LogP contribution >= 0.6 is 0 Å². The number of nitrogens with one attached hydrogen (secondary N) is 1. The van der Waals surface area contributed by atoms with Crippen molar-refractivity contribution >= 4 is 6.03 Å². The second-order valence-corrected chi connectivity index (χ2v) is 4.98. The number of carbonyl (C=O) groups is 1. The molecule has 5 nitrogen and oxygen atoms in total. The molecular weight excluding hydrogens is 218 g/mol. The van der Waals surface area contributed by atoms with Crippen molar-refractivity contribution in [2.45, 2.75) is 31.7 Å². The van der Waals surface area contributed by atoms with E-state index in [2.05, 4.69) is 10.2 Å². The smallest absolute Gasteiger partial charge is 0.317 e. The second kappa shape index (κ2) is 6.21. The predicted molar refractivity (Wildman–Crippen MR) is 65.9 cm³/mol. The number of piperazine rings is 1. The molecule has 1 heterocycles. The Bertz CT molecular complexity index is 246. The van der Waals surface area contributed by atoms with E-state index in [0.29, 0.717) is 6.04 Å². The molecule has 17 heavy (non-hydrogen) atoms. The third kappa shape index (κ3) is 3.57. The number of rotatable bonds is 3. The molecule has 5 heteroatoms. The number of nitrogens with zero attached hydrogens (tertiary/aromatic N) is 2. The molecule has 1 saturated carbocycles. The molecule has 98 valence electrons. The topological polar surface area (TPSA) is 55.8 Å². The highest BCUT2D eigenvalue weighted by Gasteiger charge is 2.23. The van der Waals surface area contributed by atoms with E-state index in [1.54, 1.807) is 0 Å². The summed E-state index contributed by atoms with van der Waals surface area (Å²) in [6.07, 6.45) is 4.76. The monoisotopic (exact) mass is 241 g/mol. The summed E-state index contributed by atoms with van der Waals surface area (Å²) in [7, 11) is 0. The molecule has 2 N–H and O–H groups in total. The number of carbonyl (C=O) groups excluding carboxylic acids is 1. The molecule has 0 radical (unpaired) electrons. The maximum atomic E-state index is 12.0. The first-order chi connectivity index (χ1) is 8.29. The van der Waals surface area contributed by atoms with Gasteiger partial charge in [0.25, 0.3) is 0 Å². The van der Waals surface area contributed by atoms with Crippen LogP contribution in [0.4, 0.5) is 4.79 Å². The van der Waals surface area contributed by atoms with E-state index in [-0.39, 0.29) is 12.6 Å². The molecule has 0 aromatic heterocycles. The highest BCUT2D eigenvalue weighted by Crippen LogP contribution is 2.18. The Morgan fingerprint density at radius 2 is 1.82 bits per heavy atom. The lowest BCUT2D eigenvalue weighted by atomic mass is 10.2. The van der Waals surface area contributed by atoms with Gasteiger partial charge in [-0.3, -0.25) is 4.90 Å². The molecule has 0 atom stereocenters. The van der Waals surface area contributed by atoms with Crippen LogP contribution in [0.3, 0.4) is 0 Å². The average molecular weight is 241 g/mol. The van der Waals surface area contributed by atoms with Gasteiger partial charge < -0.3 is 15.3 Å². The van der Waals surface area contributed by atoms with Gasteiger partial charge in [-0.2, -0.15) is 0 Å². The van der Waals surface area contributed by atoms with Crippen LogP contribution in [-0.2, 0) is 0 Å². The van der Waals surface area contributed by atoms with E-state index in [4.69, 9.17) is 5.11 Å². The largest absolute Gasteiger partial charge is 0.395 e. The lowest BCUT2D eigenvalue weighted by Crippen LogP contribution is -2.53. The molecule has 0 unspecified atom stereocenters. The quantitative estimate of drug-likeness (QED) is 0.744. The summed E-state index contributed by atoms with van der Waals surface area (Å²) in [6.45, 7) is 4.22. The molecule has 0 aromatic rings. The van der Waals surface area contributed by atoms with Crippen LogP contribution < -0.4 is 5.32 Å². The van der Waals surface area contributed by atoms with E-state index in [1.165, 1.54) is 12.8 Å². The van der Waals surface area contributed by atoms with Crippen LogP contribution in [0.1, 0.15) is 25.7 Å². The minimum atomic E-state index is 0.0977. The van der Waals surface area contributed by atoms with Crippen molar-refractivity contribution in [2.75, 3.05) is 39.3 Å². The van der Waals surface area contributed by atoms with Crippen LogP contribution in [0.2, 0.25) is 0 Å². The fourth-order valence-corrected chi connectivity index (χ4v) is 2.65. The Kier molecular flexibility index (Phi) is 4.62. The number of aliphatic hydroxyl groups is 1. The van der Waals surface area contributed by atoms with Crippen LogP contribution in [0.15, 0.2) is 0 Å².